The predicted molar refractivity (Wildman–Crippen MR) is 73.3 cm³/mol. The molecule has 0 radical (unpaired) electrons. The van der Waals surface area contributed by atoms with Gasteiger partial charge in [-0.1, -0.05) is 42.7 Å². The van der Waals surface area contributed by atoms with Crippen LogP contribution in [0.25, 0.3) is 0 Å². The standard InChI is InChI=1S/C14H17ClN2O2/c1-3-12(18)9(2)14-16-13(17-19-14)8-10-5-4-6-11(15)7-10/h4-7,9,12,18H,3,8H2,1-2H3. The molecule has 0 amide bonds. The molecule has 19 heavy (non-hydrogen) atoms. The second-order valence-electron chi connectivity index (χ2n) is 4.62. The second-order valence-corrected chi connectivity index (χ2v) is 5.06. The second kappa shape index (κ2) is 6.17. The molecule has 0 saturated heterocycles. The minimum atomic E-state index is -0.459. The third kappa shape index (κ3) is 3.55. The number of hydrogen-bond donors (Lipinski definition) is 1. The molecule has 1 N–H and O–H groups in total. The molecular formula is C14H17ClN2O2. The van der Waals surface area contributed by atoms with E-state index in [1.54, 1.807) is 0 Å². The first-order valence-corrected chi connectivity index (χ1v) is 6.73. The van der Waals surface area contributed by atoms with Crippen LogP contribution in [0.3, 0.4) is 0 Å². The van der Waals surface area contributed by atoms with Crippen molar-refractivity contribution in [2.45, 2.75) is 38.7 Å². The Kier molecular flexibility index (Phi) is 4.56. The number of aromatic nitrogens is 2. The Hall–Kier alpha value is -1.39. The molecule has 0 aliphatic heterocycles. The molecule has 102 valence electrons. The highest BCUT2D eigenvalue weighted by Crippen LogP contribution is 2.20. The van der Waals surface area contributed by atoms with Gasteiger partial charge in [0.05, 0.1) is 12.0 Å². The van der Waals surface area contributed by atoms with Crippen LogP contribution in [0, 0.1) is 0 Å². The van der Waals surface area contributed by atoms with Gasteiger partial charge in [-0.2, -0.15) is 4.98 Å². The smallest absolute Gasteiger partial charge is 0.232 e. The number of benzene rings is 1. The molecule has 1 heterocycles. The minimum absolute atomic E-state index is 0.148. The lowest BCUT2D eigenvalue weighted by Crippen LogP contribution is -2.14. The van der Waals surface area contributed by atoms with Gasteiger partial charge in [0, 0.05) is 11.4 Å². The lowest BCUT2D eigenvalue weighted by molar-refractivity contribution is 0.129. The SMILES string of the molecule is CCC(O)C(C)c1nc(Cc2cccc(Cl)c2)no1. The number of halogens is 1. The van der Waals surface area contributed by atoms with E-state index >= 15 is 0 Å². The van der Waals surface area contributed by atoms with Crippen LogP contribution in [0.5, 0.6) is 0 Å². The van der Waals surface area contributed by atoms with Crippen molar-refractivity contribution in [3.8, 4) is 0 Å². The number of aliphatic hydroxyl groups is 1. The van der Waals surface area contributed by atoms with Crippen LogP contribution in [0.15, 0.2) is 28.8 Å². The first kappa shape index (κ1) is 14.0. The van der Waals surface area contributed by atoms with E-state index in [4.69, 9.17) is 16.1 Å². The van der Waals surface area contributed by atoms with Gasteiger partial charge in [-0.3, -0.25) is 0 Å². The largest absolute Gasteiger partial charge is 0.392 e. The molecule has 1 aromatic carbocycles. The fraction of sp³-hybridized carbons (Fsp3) is 0.429. The van der Waals surface area contributed by atoms with Crippen molar-refractivity contribution in [3.05, 3.63) is 46.6 Å². The van der Waals surface area contributed by atoms with Gasteiger partial charge in [0.15, 0.2) is 5.82 Å². The summed E-state index contributed by atoms with van der Waals surface area (Å²) in [6.45, 7) is 3.80. The van der Waals surface area contributed by atoms with Gasteiger partial charge in [0.25, 0.3) is 0 Å². The molecule has 2 rings (SSSR count). The molecule has 0 fully saturated rings. The highest BCUT2D eigenvalue weighted by atomic mass is 35.5. The van der Waals surface area contributed by atoms with E-state index in [9.17, 15) is 5.11 Å². The maximum Gasteiger partial charge on any atom is 0.232 e. The van der Waals surface area contributed by atoms with Crippen molar-refractivity contribution in [2.75, 3.05) is 0 Å². The predicted octanol–water partition coefficient (Wildman–Crippen LogP) is 3.19. The van der Waals surface area contributed by atoms with Crippen molar-refractivity contribution in [1.29, 1.82) is 0 Å². The van der Waals surface area contributed by atoms with Crippen molar-refractivity contribution in [1.82, 2.24) is 10.1 Å². The number of hydrogen-bond acceptors (Lipinski definition) is 4. The van der Waals surface area contributed by atoms with Crippen molar-refractivity contribution >= 4 is 11.6 Å². The molecule has 1 aromatic heterocycles. The summed E-state index contributed by atoms with van der Waals surface area (Å²) in [5, 5.41) is 14.4. The lowest BCUT2D eigenvalue weighted by Gasteiger charge is -2.11. The first-order valence-electron chi connectivity index (χ1n) is 6.35. The van der Waals surface area contributed by atoms with E-state index in [1.807, 2.05) is 38.1 Å². The summed E-state index contributed by atoms with van der Waals surface area (Å²) in [5.41, 5.74) is 1.03. The van der Waals surface area contributed by atoms with Gasteiger partial charge in [-0.15, -0.1) is 0 Å². The van der Waals surface area contributed by atoms with Crippen LogP contribution in [0.2, 0.25) is 5.02 Å². The van der Waals surface area contributed by atoms with Gasteiger partial charge in [0.1, 0.15) is 0 Å². The van der Waals surface area contributed by atoms with E-state index < -0.39 is 6.10 Å². The maximum atomic E-state index is 9.77. The van der Waals surface area contributed by atoms with Gasteiger partial charge in [-0.25, -0.2) is 0 Å². The molecule has 2 atom stereocenters. The summed E-state index contributed by atoms with van der Waals surface area (Å²) in [7, 11) is 0. The Morgan fingerprint density at radius 3 is 2.89 bits per heavy atom. The lowest BCUT2D eigenvalue weighted by atomic mass is 10.0. The first-order chi connectivity index (χ1) is 9.10. The van der Waals surface area contributed by atoms with Crippen LogP contribution in [0.1, 0.15) is 43.5 Å². The molecule has 2 aromatic rings. The summed E-state index contributed by atoms with van der Waals surface area (Å²) in [4.78, 5) is 4.32. The summed E-state index contributed by atoms with van der Waals surface area (Å²) in [6, 6.07) is 7.56. The monoisotopic (exact) mass is 280 g/mol. The summed E-state index contributed by atoms with van der Waals surface area (Å²) in [5.74, 6) is 0.935. The Bertz CT molecular complexity index is 542. The van der Waals surface area contributed by atoms with E-state index in [0.29, 0.717) is 29.6 Å². The average Bonchev–Trinajstić information content (AvgIpc) is 2.85. The molecule has 0 aliphatic rings. The fourth-order valence-electron chi connectivity index (χ4n) is 1.87. The number of rotatable bonds is 5. The topological polar surface area (TPSA) is 59.2 Å². The number of nitrogens with zero attached hydrogens (tertiary/aromatic N) is 2. The normalized spacial score (nSPS) is 14.3. The van der Waals surface area contributed by atoms with Crippen LogP contribution in [-0.2, 0) is 6.42 Å². The van der Waals surface area contributed by atoms with Crippen molar-refractivity contribution in [2.24, 2.45) is 0 Å². The zero-order chi connectivity index (χ0) is 13.8. The Morgan fingerprint density at radius 2 is 2.21 bits per heavy atom. The van der Waals surface area contributed by atoms with Crippen LogP contribution < -0.4 is 0 Å². The quantitative estimate of drug-likeness (QED) is 0.914. The number of aliphatic hydroxyl groups excluding tert-OH is 1. The molecule has 0 spiro atoms. The van der Waals surface area contributed by atoms with E-state index in [1.165, 1.54) is 0 Å². The molecule has 2 unspecified atom stereocenters. The molecule has 5 heteroatoms. The van der Waals surface area contributed by atoms with Crippen molar-refractivity contribution < 1.29 is 9.63 Å². The zero-order valence-electron chi connectivity index (χ0n) is 11.0. The fourth-order valence-corrected chi connectivity index (χ4v) is 2.08. The minimum Gasteiger partial charge on any atom is -0.392 e. The summed E-state index contributed by atoms with van der Waals surface area (Å²) in [6.07, 6.45) is 0.770. The Balaban J connectivity index is 2.09. The van der Waals surface area contributed by atoms with Crippen LogP contribution >= 0.6 is 11.6 Å². The average molecular weight is 281 g/mol. The van der Waals surface area contributed by atoms with E-state index in [0.717, 1.165) is 5.56 Å². The van der Waals surface area contributed by atoms with Crippen molar-refractivity contribution in [3.63, 3.8) is 0 Å². The zero-order valence-corrected chi connectivity index (χ0v) is 11.8. The third-order valence-electron chi connectivity index (χ3n) is 3.12. The molecule has 4 nitrogen and oxygen atoms in total. The Morgan fingerprint density at radius 1 is 1.42 bits per heavy atom. The maximum absolute atomic E-state index is 9.77. The summed E-state index contributed by atoms with van der Waals surface area (Å²) >= 11 is 5.93. The molecule has 0 aliphatic carbocycles. The highest BCUT2D eigenvalue weighted by molar-refractivity contribution is 6.30. The molecule has 0 saturated carbocycles. The third-order valence-corrected chi connectivity index (χ3v) is 3.36. The Labute approximate surface area is 117 Å². The molecular weight excluding hydrogens is 264 g/mol. The molecule has 0 bridgehead atoms. The van der Waals surface area contributed by atoms with Crippen LogP contribution in [-0.4, -0.2) is 21.4 Å². The van der Waals surface area contributed by atoms with E-state index in [-0.39, 0.29) is 5.92 Å². The van der Waals surface area contributed by atoms with Gasteiger partial charge in [0.2, 0.25) is 5.89 Å². The van der Waals surface area contributed by atoms with Gasteiger partial charge >= 0.3 is 0 Å². The van der Waals surface area contributed by atoms with Crippen LogP contribution in [0.4, 0.5) is 0 Å². The summed E-state index contributed by atoms with van der Waals surface area (Å²) < 4.78 is 5.20. The highest BCUT2D eigenvalue weighted by Gasteiger charge is 2.20. The van der Waals surface area contributed by atoms with E-state index in [2.05, 4.69) is 10.1 Å². The van der Waals surface area contributed by atoms with Gasteiger partial charge in [-0.05, 0) is 24.1 Å². The van der Waals surface area contributed by atoms with Gasteiger partial charge < -0.3 is 9.63 Å².